The Balaban J connectivity index is 0.000000516. The lowest BCUT2D eigenvalue weighted by Crippen LogP contribution is -2.44. The molecule has 3 aliphatic carbocycles. The number of halogens is 3. The van der Waals surface area contributed by atoms with Gasteiger partial charge in [0.05, 0.1) is 0 Å². The summed E-state index contributed by atoms with van der Waals surface area (Å²) >= 11 is 14.4. The SMILES string of the molecule is C1CCC2(CC1)OOC1(CCCCC1)OOC1(CCCCC1)OO2.ClC(Cl)Cl. The van der Waals surface area contributed by atoms with Crippen LogP contribution in [0, 0.1) is 0 Å². The van der Waals surface area contributed by atoms with Crippen LogP contribution in [0.2, 0.25) is 0 Å². The summed E-state index contributed by atoms with van der Waals surface area (Å²) in [5.74, 6) is -2.49. The van der Waals surface area contributed by atoms with Crippen molar-refractivity contribution in [3.05, 3.63) is 0 Å². The Morgan fingerprint density at radius 1 is 0.393 bits per heavy atom. The smallest absolute Gasteiger partial charge is 0.195 e. The van der Waals surface area contributed by atoms with Crippen LogP contribution < -0.4 is 0 Å². The Bertz CT molecular complexity index is 378. The third kappa shape index (κ3) is 6.56. The third-order valence-electron chi connectivity index (χ3n) is 5.88. The van der Waals surface area contributed by atoms with E-state index < -0.39 is 21.7 Å². The number of alkyl halides is 3. The van der Waals surface area contributed by atoms with Gasteiger partial charge in [-0.15, -0.1) is 0 Å². The maximum Gasteiger partial charge on any atom is 0.234 e. The normalized spacial score (nSPS) is 29.6. The first-order valence-electron chi connectivity index (χ1n) is 10.5. The van der Waals surface area contributed by atoms with Gasteiger partial charge in [-0.25, -0.2) is 0 Å². The predicted octanol–water partition coefficient (Wildman–Crippen LogP) is 6.81. The van der Waals surface area contributed by atoms with E-state index >= 15 is 0 Å². The average molecular weight is 462 g/mol. The summed E-state index contributed by atoms with van der Waals surface area (Å²) in [6, 6.07) is 0. The molecule has 0 bridgehead atoms. The quantitative estimate of drug-likeness (QED) is 0.292. The van der Waals surface area contributed by atoms with Gasteiger partial charge in [-0.3, -0.25) is 0 Å². The van der Waals surface area contributed by atoms with Crippen LogP contribution in [0.25, 0.3) is 0 Å². The first-order chi connectivity index (χ1) is 13.5. The largest absolute Gasteiger partial charge is 0.234 e. The minimum atomic E-state index is -0.829. The van der Waals surface area contributed by atoms with Gasteiger partial charge in [-0.05, 0) is 38.5 Å². The molecule has 6 nitrogen and oxygen atoms in total. The second-order valence-corrected chi connectivity index (χ2v) is 10.1. The highest BCUT2D eigenvalue weighted by molar-refractivity contribution is 6.63. The molecule has 4 rings (SSSR count). The molecule has 164 valence electrons. The molecule has 0 atom stereocenters. The van der Waals surface area contributed by atoms with Crippen molar-refractivity contribution in [3.63, 3.8) is 0 Å². The second kappa shape index (κ2) is 10.8. The van der Waals surface area contributed by atoms with E-state index in [2.05, 4.69) is 0 Å². The molecule has 4 fully saturated rings. The lowest BCUT2D eigenvalue weighted by atomic mass is 9.94. The molecule has 9 heteroatoms. The van der Waals surface area contributed by atoms with Crippen LogP contribution in [0.1, 0.15) is 96.3 Å². The van der Waals surface area contributed by atoms with Gasteiger partial charge in [0.2, 0.25) is 17.4 Å². The Morgan fingerprint density at radius 2 is 0.571 bits per heavy atom. The average Bonchev–Trinajstić information content (AvgIpc) is 2.76. The first kappa shape index (κ1) is 23.3. The van der Waals surface area contributed by atoms with Gasteiger partial charge in [-0.2, -0.15) is 29.3 Å². The van der Waals surface area contributed by atoms with Crippen molar-refractivity contribution < 1.29 is 29.3 Å². The van der Waals surface area contributed by atoms with Crippen molar-refractivity contribution in [3.8, 4) is 0 Å². The predicted molar refractivity (Wildman–Crippen MR) is 105 cm³/mol. The second-order valence-electron chi connectivity index (χ2n) is 8.16. The number of rotatable bonds is 0. The van der Waals surface area contributed by atoms with Gasteiger partial charge in [0.1, 0.15) is 0 Å². The summed E-state index contributed by atoms with van der Waals surface area (Å²) in [7, 11) is 0. The molecule has 0 aromatic rings. The van der Waals surface area contributed by atoms with E-state index in [1.165, 1.54) is 19.3 Å². The molecule has 0 unspecified atom stereocenters. The summed E-state index contributed by atoms with van der Waals surface area (Å²) in [5.41, 5.74) is 0. The zero-order valence-corrected chi connectivity index (χ0v) is 18.5. The molecule has 0 aromatic heterocycles. The molecule has 3 saturated carbocycles. The van der Waals surface area contributed by atoms with E-state index in [9.17, 15) is 0 Å². The third-order valence-corrected chi connectivity index (χ3v) is 5.88. The van der Waals surface area contributed by atoms with Crippen LogP contribution in [-0.2, 0) is 29.3 Å². The van der Waals surface area contributed by atoms with E-state index in [4.69, 9.17) is 64.1 Å². The van der Waals surface area contributed by atoms with E-state index in [0.717, 1.165) is 77.0 Å². The summed E-state index contributed by atoms with van der Waals surface area (Å²) in [6.45, 7) is 0. The fourth-order valence-electron chi connectivity index (χ4n) is 4.27. The Hall–Kier alpha value is 0.630. The van der Waals surface area contributed by atoms with Gasteiger partial charge in [0.15, 0.2) is 4.30 Å². The van der Waals surface area contributed by atoms with Gasteiger partial charge in [0, 0.05) is 38.5 Å². The molecule has 0 N–H and O–H groups in total. The number of hydrogen-bond donors (Lipinski definition) is 0. The van der Waals surface area contributed by atoms with Crippen molar-refractivity contribution in [1.29, 1.82) is 0 Å². The molecule has 1 saturated heterocycles. The van der Waals surface area contributed by atoms with Crippen molar-refractivity contribution in [2.45, 2.75) is 118 Å². The monoisotopic (exact) mass is 460 g/mol. The minimum absolute atomic E-state index is 0.750. The highest BCUT2D eigenvalue weighted by Crippen LogP contribution is 2.44. The van der Waals surface area contributed by atoms with Crippen LogP contribution in [0.4, 0.5) is 0 Å². The molecular weight excluding hydrogens is 431 g/mol. The van der Waals surface area contributed by atoms with E-state index in [1.54, 1.807) is 0 Å². The Kier molecular flexibility index (Phi) is 8.97. The van der Waals surface area contributed by atoms with Crippen LogP contribution in [0.5, 0.6) is 0 Å². The Labute approximate surface area is 182 Å². The van der Waals surface area contributed by atoms with Crippen LogP contribution in [-0.4, -0.2) is 21.7 Å². The lowest BCUT2D eigenvalue weighted by molar-refractivity contribution is -0.555. The van der Waals surface area contributed by atoms with Gasteiger partial charge >= 0.3 is 0 Å². The van der Waals surface area contributed by atoms with Crippen LogP contribution >= 0.6 is 34.8 Å². The van der Waals surface area contributed by atoms with Gasteiger partial charge in [0.25, 0.3) is 0 Å². The van der Waals surface area contributed by atoms with Crippen molar-refractivity contribution in [2.75, 3.05) is 0 Å². The zero-order valence-electron chi connectivity index (χ0n) is 16.3. The van der Waals surface area contributed by atoms with Crippen LogP contribution in [0.15, 0.2) is 0 Å². The molecule has 0 radical (unpaired) electrons. The fraction of sp³-hybridized carbons (Fsp3) is 1.00. The van der Waals surface area contributed by atoms with E-state index in [1.807, 2.05) is 0 Å². The maximum atomic E-state index is 5.87. The summed E-state index contributed by atoms with van der Waals surface area (Å²) in [6.07, 6.45) is 14.5. The standard InChI is InChI=1S/C18H30O6.CHCl3/c1-4-10-16(11-5-1)19-21-17(12-6-2-7-13-17)23-24-18(22-20-16)14-8-3-9-15-18;2-1(3)4/h1-15H2;1H. The van der Waals surface area contributed by atoms with Crippen molar-refractivity contribution in [1.82, 2.24) is 0 Å². The molecule has 1 heterocycles. The molecule has 28 heavy (non-hydrogen) atoms. The summed E-state index contributed by atoms with van der Waals surface area (Å²) in [5, 5.41) is 0. The molecule has 3 spiro atoms. The summed E-state index contributed by atoms with van der Waals surface area (Å²) < 4.78 is -0.750. The summed E-state index contributed by atoms with van der Waals surface area (Å²) in [4.78, 5) is 35.2. The number of hydrogen-bond acceptors (Lipinski definition) is 6. The van der Waals surface area contributed by atoms with Gasteiger partial charge < -0.3 is 0 Å². The molecule has 0 amide bonds. The molecule has 1 aliphatic heterocycles. The molecule has 0 aromatic carbocycles. The van der Waals surface area contributed by atoms with Crippen molar-refractivity contribution >= 4 is 34.8 Å². The van der Waals surface area contributed by atoms with E-state index in [-0.39, 0.29) is 0 Å². The lowest BCUT2D eigenvalue weighted by Gasteiger charge is -2.37. The maximum absolute atomic E-state index is 5.87. The highest BCUT2D eigenvalue weighted by atomic mass is 35.6. The van der Waals surface area contributed by atoms with Gasteiger partial charge in [-0.1, -0.05) is 54.1 Å². The van der Waals surface area contributed by atoms with Crippen molar-refractivity contribution in [2.24, 2.45) is 0 Å². The fourth-order valence-corrected chi connectivity index (χ4v) is 4.27. The topological polar surface area (TPSA) is 55.4 Å². The van der Waals surface area contributed by atoms with Crippen LogP contribution in [0.3, 0.4) is 0 Å². The molecular formula is C19H31Cl3O6. The van der Waals surface area contributed by atoms with E-state index in [0.29, 0.717) is 0 Å². The highest BCUT2D eigenvalue weighted by Gasteiger charge is 2.50. The molecule has 4 aliphatic rings. The minimum Gasteiger partial charge on any atom is -0.195 e. The Morgan fingerprint density at radius 3 is 0.750 bits per heavy atom. The zero-order chi connectivity index (χ0) is 19.9. The first-order valence-corrected chi connectivity index (χ1v) is 11.8.